The van der Waals surface area contributed by atoms with Gasteiger partial charge in [0, 0.05) is 25.5 Å². The van der Waals surface area contributed by atoms with Crippen molar-refractivity contribution >= 4 is 5.95 Å². The van der Waals surface area contributed by atoms with Crippen molar-refractivity contribution < 1.29 is 4.74 Å². The first-order valence-electron chi connectivity index (χ1n) is 7.70. The monoisotopic (exact) mass is 263 g/mol. The first-order valence-corrected chi connectivity index (χ1v) is 7.70. The quantitative estimate of drug-likeness (QED) is 0.905. The molecule has 1 heterocycles. The van der Waals surface area contributed by atoms with E-state index in [1.165, 1.54) is 44.9 Å². The summed E-state index contributed by atoms with van der Waals surface area (Å²) in [6.45, 7) is 0. The minimum Gasteiger partial charge on any atom is -0.379 e. The third-order valence-electron chi connectivity index (χ3n) is 4.71. The van der Waals surface area contributed by atoms with Gasteiger partial charge in [-0.1, -0.05) is 19.3 Å². The van der Waals surface area contributed by atoms with Gasteiger partial charge < -0.3 is 14.6 Å². The Kier molecular flexibility index (Phi) is 4.06. The molecule has 0 amide bonds. The number of hydrogen-bond acceptors (Lipinski definition) is 3. The zero-order chi connectivity index (χ0) is 13.1. The molecule has 19 heavy (non-hydrogen) atoms. The van der Waals surface area contributed by atoms with Gasteiger partial charge in [-0.05, 0) is 32.1 Å². The SMILES string of the molecule is COC1CCCC1Nc1nccn1C1CCCCC1. The normalized spacial score (nSPS) is 28.7. The predicted molar refractivity (Wildman–Crippen MR) is 76.4 cm³/mol. The Bertz CT molecular complexity index is 398. The van der Waals surface area contributed by atoms with Crippen molar-refractivity contribution in [3.8, 4) is 0 Å². The number of nitrogens with zero attached hydrogens (tertiary/aromatic N) is 2. The Balaban J connectivity index is 1.69. The summed E-state index contributed by atoms with van der Waals surface area (Å²) in [6, 6.07) is 1.07. The van der Waals surface area contributed by atoms with Gasteiger partial charge in [0.25, 0.3) is 0 Å². The molecule has 2 aliphatic rings. The summed E-state index contributed by atoms with van der Waals surface area (Å²) < 4.78 is 7.91. The molecule has 2 atom stereocenters. The maximum Gasteiger partial charge on any atom is 0.203 e. The van der Waals surface area contributed by atoms with Crippen LogP contribution in [0.25, 0.3) is 0 Å². The molecule has 0 aliphatic heterocycles. The van der Waals surface area contributed by atoms with Gasteiger partial charge in [-0.25, -0.2) is 4.98 Å². The molecule has 4 heteroatoms. The first kappa shape index (κ1) is 13.0. The minimum absolute atomic E-state index is 0.344. The summed E-state index contributed by atoms with van der Waals surface area (Å²) in [7, 11) is 1.82. The largest absolute Gasteiger partial charge is 0.379 e. The van der Waals surface area contributed by atoms with E-state index in [9.17, 15) is 0 Å². The van der Waals surface area contributed by atoms with Gasteiger partial charge in [0.15, 0.2) is 0 Å². The highest BCUT2D eigenvalue weighted by Gasteiger charge is 2.28. The Morgan fingerprint density at radius 2 is 2.00 bits per heavy atom. The Morgan fingerprint density at radius 3 is 2.79 bits per heavy atom. The van der Waals surface area contributed by atoms with Crippen LogP contribution in [0.1, 0.15) is 57.4 Å². The second kappa shape index (κ2) is 5.95. The molecule has 4 nitrogen and oxygen atoms in total. The molecule has 1 N–H and O–H groups in total. The topological polar surface area (TPSA) is 39.1 Å². The van der Waals surface area contributed by atoms with E-state index in [1.54, 1.807) is 0 Å². The van der Waals surface area contributed by atoms with Gasteiger partial charge in [0.2, 0.25) is 5.95 Å². The molecule has 0 spiro atoms. The lowest BCUT2D eigenvalue weighted by atomic mass is 9.95. The lowest BCUT2D eigenvalue weighted by molar-refractivity contribution is 0.100. The van der Waals surface area contributed by atoms with Crippen LogP contribution in [0.2, 0.25) is 0 Å². The van der Waals surface area contributed by atoms with Crippen LogP contribution >= 0.6 is 0 Å². The molecule has 1 aromatic rings. The van der Waals surface area contributed by atoms with Crippen LogP contribution in [0.15, 0.2) is 12.4 Å². The number of anilines is 1. The van der Waals surface area contributed by atoms with E-state index in [0.717, 1.165) is 12.4 Å². The summed E-state index contributed by atoms with van der Waals surface area (Å²) in [5.41, 5.74) is 0. The molecule has 0 bridgehead atoms. The third kappa shape index (κ3) is 2.78. The Labute approximate surface area is 115 Å². The number of ether oxygens (including phenoxy) is 1. The number of methoxy groups -OCH3 is 1. The van der Waals surface area contributed by atoms with Gasteiger partial charge in [-0.2, -0.15) is 0 Å². The van der Waals surface area contributed by atoms with Gasteiger partial charge in [0.05, 0.1) is 12.1 Å². The molecular weight excluding hydrogens is 238 g/mol. The third-order valence-corrected chi connectivity index (χ3v) is 4.71. The van der Waals surface area contributed by atoms with Crippen molar-refractivity contribution in [2.24, 2.45) is 0 Å². The molecule has 2 saturated carbocycles. The summed E-state index contributed by atoms with van der Waals surface area (Å²) in [5, 5.41) is 3.61. The van der Waals surface area contributed by atoms with Gasteiger partial charge >= 0.3 is 0 Å². The fourth-order valence-electron chi connectivity index (χ4n) is 3.62. The van der Waals surface area contributed by atoms with Crippen molar-refractivity contribution in [1.82, 2.24) is 9.55 Å². The molecule has 106 valence electrons. The van der Waals surface area contributed by atoms with Gasteiger partial charge in [-0.3, -0.25) is 0 Å². The van der Waals surface area contributed by atoms with Crippen molar-refractivity contribution in [3.05, 3.63) is 12.4 Å². The molecule has 3 rings (SSSR count). The van der Waals surface area contributed by atoms with E-state index in [4.69, 9.17) is 4.74 Å². The average molecular weight is 263 g/mol. The lowest BCUT2D eigenvalue weighted by Gasteiger charge is -2.27. The average Bonchev–Trinajstić information content (AvgIpc) is 3.09. The zero-order valence-corrected chi connectivity index (χ0v) is 11.8. The standard InChI is InChI=1S/C15H25N3O/c1-19-14-9-5-8-13(14)17-15-16-10-11-18(15)12-6-3-2-4-7-12/h10-14H,2-9H2,1H3,(H,16,17). The van der Waals surface area contributed by atoms with Crippen molar-refractivity contribution in [3.63, 3.8) is 0 Å². The Hall–Kier alpha value is -1.03. The maximum atomic E-state index is 5.56. The second-order valence-corrected chi connectivity index (χ2v) is 5.91. The number of hydrogen-bond donors (Lipinski definition) is 1. The number of imidazole rings is 1. The molecule has 2 fully saturated rings. The van der Waals surface area contributed by atoms with Crippen LogP contribution in [-0.2, 0) is 4.74 Å². The molecule has 2 unspecified atom stereocenters. The van der Waals surface area contributed by atoms with Crippen molar-refractivity contribution in [2.45, 2.75) is 69.6 Å². The summed E-state index contributed by atoms with van der Waals surface area (Å²) >= 11 is 0. The summed E-state index contributed by atoms with van der Waals surface area (Å²) in [6.07, 6.45) is 14.7. The maximum absolute atomic E-state index is 5.56. The van der Waals surface area contributed by atoms with Crippen LogP contribution in [0, 0.1) is 0 Å². The molecule has 0 radical (unpaired) electrons. The van der Waals surface area contributed by atoms with Crippen LogP contribution in [0.5, 0.6) is 0 Å². The molecule has 1 aromatic heterocycles. The number of rotatable bonds is 4. The lowest BCUT2D eigenvalue weighted by Crippen LogP contribution is -2.31. The highest BCUT2D eigenvalue weighted by atomic mass is 16.5. The van der Waals surface area contributed by atoms with Crippen LogP contribution in [0.3, 0.4) is 0 Å². The van der Waals surface area contributed by atoms with Gasteiger partial charge in [-0.15, -0.1) is 0 Å². The van der Waals surface area contributed by atoms with E-state index in [1.807, 2.05) is 13.3 Å². The summed E-state index contributed by atoms with van der Waals surface area (Å²) in [4.78, 5) is 4.52. The van der Waals surface area contributed by atoms with E-state index in [2.05, 4.69) is 21.1 Å². The second-order valence-electron chi connectivity index (χ2n) is 5.91. The van der Waals surface area contributed by atoms with Crippen LogP contribution in [-0.4, -0.2) is 28.8 Å². The molecular formula is C15H25N3O. The van der Waals surface area contributed by atoms with Gasteiger partial charge in [0.1, 0.15) is 0 Å². The highest BCUT2D eigenvalue weighted by molar-refractivity contribution is 5.29. The molecule has 2 aliphatic carbocycles. The number of aromatic nitrogens is 2. The van der Waals surface area contributed by atoms with E-state index in [-0.39, 0.29) is 0 Å². The van der Waals surface area contributed by atoms with Crippen LogP contribution in [0.4, 0.5) is 5.95 Å². The van der Waals surface area contributed by atoms with E-state index in [0.29, 0.717) is 18.2 Å². The fourth-order valence-corrected chi connectivity index (χ4v) is 3.62. The number of nitrogens with one attached hydrogen (secondary N) is 1. The van der Waals surface area contributed by atoms with Crippen molar-refractivity contribution in [2.75, 3.05) is 12.4 Å². The first-order chi connectivity index (χ1) is 9.38. The molecule has 0 aromatic carbocycles. The predicted octanol–water partition coefficient (Wildman–Crippen LogP) is 3.37. The Morgan fingerprint density at radius 1 is 1.16 bits per heavy atom. The zero-order valence-electron chi connectivity index (χ0n) is 11.8. The molecule has 0 saturated heterocycles. The minimum atomic E-state index is 0.344. The highest BCUT2D eigenvalue weighted by Crippen LogP contribution is 2.31. The van der Waals surface area contributed by atoms with Crippen LogP contribution < -0.4 is 5.32 Å². The van der Waals surface area contributed by atoms with E-state index < -0.39 is 0 Å². The fraction of sp³-hybridized carbons (Fsp3) is 0.800. The van der Waals surface area contributed by atoms with E-state index >= 15 is 0 Å². The van der Waals surface area contributed by atoms with Crippen molar-refractivity contribution in [1.29, 1.82) is 0 Å². The summed E-state index contributed by atoms with van der Waals surface area (Å²) in [5.74, 6) is 1.04. The smallest absolute Gasteiger partial charge is 0.203 e.